The molecule has 0 bridgehead atoms. The molecule has 0 spiro atoms. The number of pyridine rings is 1. The summed E-state index contributed by atoms with van der Waals surface area (Å²) in [6.45, 7) is 3.62. The Kier molecular flexibility index (Phi) is 6.41. The van der Waals surface area contributed by atoms with Crippen LogP contribution in [0.4, 0.5) is 17.5 Å². The van der Waals surface area contributed by atoms with Crippen molar-refractivity contribution in [1.29, 1.82) is 0 Å². The van der Waals surface area contributed by atoms with Gasteiger partial charge in [-0.1, -0.05) is 0 Å². The van der Waals surface area contributed by atoms with Crippen LogP contribution in [-0.2, 0) is 0 Å². The fourth-order valence-corrected chi connectivity index (χ4v) is 3.52. The second kappa shape index (κ2) is 9.37. The van der Waals surface area contributed by atoms with E-state index in [-0.39, 0.29) is 6.10 Å². The van der Waals surface area contributed by atoms with Crippen molar-refractivity contribution in [2.45, 2.75) is 44.1 Å². The summed E-state index contributed by atoms with van der Waals surface area (Å²) in [6.07, 6.45) is 9.37. The fraction of sp³-hybridized carbons (Fsp3) is 0.571. The van der Waals surface area contributed by atoms with Gasteiger partial charge in [-0.25, -0.2) is 9.97 Å². The molecule has 156 valence electrons. The van der Waals surface area contributed by atoms with Crippen LogP contribution in [0.1, 0.15) is 43.6 Å². The number of ether oxygens (including phenoxy) is 1. The standard InChI is InChI=1S/C21H31N7O/c1-28-11-7-17(8-12-28)29-19-6-5-16(13-24-19)26-21-25-14-18(15-3-4-15)20(27-21)23-10-2-9-22/h5-6,13-15,17H,2-4,7-12,22H2,1H3,(H2,23,25,26,27). The van der Waals surface area contributed by atoms with Gasteiger partial charge in [0.15, 0.2) is 0 Å². The highest BCUT2D eigenvalue weighted by molar-refractivity contribution is 5.56. The van der Waals surface area contributed by atoms with Crippen LogP contribution in [0.15, 0.2) is 24.5 Å². The first-order chi connectivity index (χ1) is 14.2. The second-order valence-electron chi connectivity index (χ2n) is 7.97. The molecule has 4 rings (SSSR count). The molecule has 0 amide bonds. The molecule has 3 heterocycles. The van der Waals surface area contributed by atoms with E-state index in [1.165, 1.54) is 18.4 Å². The van der Waals surface area contributed by atoms with E-state index in [4.69, 9.17) is 10.5 Å². The predicted octanol–water partition coefficient (Wildman–Crippen LogP) is 2.73. The number of piperidine rings is 1. The Bertz CT molecular complexity index is 786. The molecule has 1 aliphatic carbocycles. The lowest BCUT2D eigenvalue weighted by Gasteiger charge is -2.28. The molecule has 8 nitrogen and oxygen atoms in total. The molecule has 0 aromatic carbocycles. The monoisotopic (exact) mass is 397 g/mol. The van der Waals surface area contributed by atoms with E-state index in [9.17, 15) is 0 Å². The van der Waals surface area contributed by atoms with Gasteiger partial charge >= 0.3 is 0 Å². The molecule has 4 N–H and O–H groups in total. The first kappa shape index (κ1) is 19.8. The van der Waals surface area contributed by atoms with Crippen molar-refractivity contribution in [2.24, 2.45) is 5.73 Å². The Morgan fingerprint density at radius 3 is 2.66 bits per heavy atom. The first-order valence-corrected chi connectivity index (χ1v) is 10.6. The minimum atomic E-state index is 0.248. The van der Waals surface area contributed by atoms with Gasteiger partial charge in [0, 0.05) is 37.5 Å². The van der Waals surface area contributed by atoms with E-state index >= 15 is 0 Å². The van der Waals surface area contributed by atoms with Crippen molar-refractivity contribution in [3.05, 3.63) is 30.1 Å². The summed E-state index contributed by atoms with van der Waals surface area (Å²) in [6, 6.07) is 3.86. The van der Waals surface area contributed by atoms with Gasteiger partial charge in [-0.15, -0.1) is 0 Å². The Balaban J connectivity index is 1.37. The minimum Gasteiger partial charge on any atom is -0.474 e. The normalized spacial score (nSPS) is 17.9. The molecule has 0 atom stereocenters. The summed E-state index contributed by atoms with van der Waals surface area (Å²) < 4.78 is 6.01. The molecule has 2 aromatic heterocycles. The summed E-state index contributed by atoms with van der Waals surface area (Å²) in [4.78, 5) is 16.0. The first-order valence-electron chi connectivity index (χ1n) is 10.6. The maximum absolute atomic E-state index is 6.01. The van der Waals surface area contributed by atoms with Crippen molar-refractivity contribution in [3.63, 3.8) is 0 Å². The third-order valence-electron chi connectivity index (χ3n) is 5.45. The maximum atomic E-state index is 6.01. The minimum absolute atomic E-state index is 0.248. The number of hydrogen-bond donors (Lipinski definition) is 3. The largest absolute Gasteiger partial charge is 0.474 e. The lowest BCUT2D eigenvalue weighted by molar-refractivity contribution is 0.110. The number of nitrogens with two attached hydrogens (primary N) is 1. The van der Waals surface area contributed by atoms with Crippen LogP contribution in [0.3, 0.4) is 0 Å². The molecule has 1 saturated carbocycles. The van der Waals surface area contributed by atoms with Crippen molar-refractivity contribution in [2.75, 3.05) is 43.9 Å². The van der Waals surface area contributed by atoms with E-state index in [1.54, 1.807) is 6.20 Å². The number of nitrogens with zero attached hydrogens (tertiary/aromatic N) is 4. The van der Waals surface area contributed by atoms with Crippen LogP contribution in [-0.4, -0.2) is 59.2 Å². The van der Waals surface area contributed by atoms with E-state index in [1.807, 2.05) is 18.3 Å². The van der Waals surface area contributed by atoms with Crippen LogP contribution >= 0.6 is 0 Å². The lowest BCUT2D eigenvalue weighted by atomic mass is 10.1. The fourth-order valence-electron chi connectivity index (χ4n) is 3.52. The summed E-state index contributed by atoms with van der Waals surface area (Å²) in [7, 11) is 2.15. The average molecular weight is 398 g/mol. The number of hydrogen-bond acceptors (Lipinski definition) is 8. The summed E-state index contributed by atoms with van der Waals surface area (Å²) >= 11 is 0. The van der Waals surface area contributed by atoms with Crippen LogP contribution in [0, 0.1) is 0 Å². The highest BCUT2D eigenvalue weighted by atomic mass is 16.5. The van der Waals surface area contributed by atoms with Gasteiger partial charge in [0.05, 0.1) is 11.9 Å². The predicted molar refractivity (Wildman–Crippen MR) is 115 cm³/mol. The van der Waals surface area contributed by atoms with Crippen LogP contribution < -0.4 is 21.1 Å². The van der Waals surface area contributed by atoms with Crippen LogP contribution in [0.25, 0.3) is 0 Å². The molecule has 2 aliphatic rings. The molecule has 8 heteroatoms. The number of rotatable bonds is 9. The van der Waals surface area contributed by atoms with E-state index < -0.39 is 0 Å². The van der Waals surface area contributed by atoms with Gasteiger partial charge in [0.1, 0.15) is 11.9 Å². The van der Waals surface area contributed by atoms with Crippen LogP contribution in [0.2, 0.25) is 0 Å². The van der Waals surface area contributed by atoms with Crippen LogP contribution in [0.5, 0.6) is 5.88 Å². The maximum Gasteiger partial charge on any atom is 0.229 e. The van der Waals surface area contributed by atoms with E-state index in [0.717, 1.165) is 50.4 Å². The van der Waals surface area contributed by atoms with Gasteiger partial charge in [0.25, 0.3) is 0 Å². The van der Waals surface area contributed by atoms with Gasteiger partial charge in [-0.2, -0.15) is 4.98 Å². The quantitative estimate of drug-likeness (QED) is 0.555. The zero-order chi connectivity index (χ0) is 20.1. The zero-order valence-electron chi connectivity index (χ0n) is 17.1. The molecule has 0 radical (unpaired) electrons. The summed E-state index contributed by atoms with van der Waals surface area (Å²) in [5.74, 6) is 2.73. The second-order valence-corrected chi connectivity index (χ2v) is 7.97. The van der Waals surface area contributed by atoms with Crippen molar-refractivity contribution in [3.8, 4) is 5.88 Å². The summed E-state index contributed by atoms with van der Waals surface area (Å²) in [5.41, 5.74) is 7.65. The smallest absolute Gasteiger partial charge is 0.229 e. The molecule has 2 aromatic rings. The summed E-state index contributed by atoms with van der Waals surface area (Å²) in [5, 5.41) is 6.66. The van der Waals surface area contributed by atoms with E-state index in [0.29, 0.717) is 24.3 Å². The number of aromatic nitrogens is 3. The van der Waals surface area contributed by atoms with Crippen molar-refractivity contribution in [1.82, 2.24) is 19.9 Å². The Hall–Kier alpha value is -2.45. The highest BCUT2D eigenvalue weighted by Crippen LogP contribution is 2.42. The van der Waals surface area contributed by atoms with Gasteiger partial charge in [-0.05, 0) is 57.7 Å². The average Bonchev–Trinajstić information content (AvgIpc) is 3.57. The SMILES string of the molecule is CN1CCC(Oc2ccc(Nc3ncc(C4CC4)c(NCCCN)n3)cn2)CC1. The van der Waals surface area contributed by atoms with E-state index in [2.05, 4.69) is 37.5 Å². The molecule has 1 saturated heterocycles. The number of nitrogens with one attached hydrogen (secondary N) is 2. The van der Waals surface area contributed by atoms with Gasteiger partial charge in [-0.3, -0.25) is 0 Å². The highest BCUT2D eigenvalue weighted by Gasteiger charge is 2.27. The molecule has 0 unspecified atom stereocenters. The number of anilines is 3. The Labute approximate surface area is 172 Å². The van der Waals surface area contributed by atoms with Crippen molar-refractivity contribution >= 4 is 17.5 Å². The topological polar surface area (TPSA) is 101 Å². The number of likely N-dealkylation sites (tertiary alicyclic amines) is 1. The molecule has 1 aliphatic heterocycles. The van der Waals surface area contributed by atoms with Crippen molar-refractivity contribution < 1.29 is 4.74 Å². The Morgan fingerprint density at radius 1 is 1.14 bits per heavy atom. The molecule has 2 fully saturated rings. The molecular weight excluding hydrogens is 366 g/mol. The molecular formula is C21H31N7O. The zero-order valence-corrected chi connectivity index (χ0v) is 17.1. The Morgan fingerprint density at radius 2 is 1.97 bits per heavy atom. The van der Waals surface area contributed by atoms with Gasteiger partial charge < -0.3 is 26.0 Å². The molecule has 29 heavy (non-hydrogen) atoms. The third kappa shape index (κ3) is 5.55. The third-order valence-corrected chi connectivity index (χ3v) is 5.45. The van der Waals surface area contributed by atoms with Gasteiger partial charge in [0.2, 0.25) is 11.8 Å². The lowest BCUT2D eigenvalue weighted by Crippen LogP contribution is -2.35.